The number of amides is 1. The Balaban J connectivity index is 2.69. The number of alkyl halides is 1. The van der Waals surface area contributed by atoms with E-state index >= 15 is 0 Å². The van der Waals surface area contributed by atoms with Crippen LogP contribution >= 0.6 is 31.9 Å². The molecule has 1 rings (SSSR count). The minimum atomic E-state index is -0.175. The van der Waals surface area contributed by atoms with Crippen LogP contribution in [0.5, 0.6) is 0 Å². The number of anilines is 1. The highest BCUT2D eigenvalue weighted by Crippen LogP contribution is 2.16. The number of benzene rings is 1. The summed E-state index contributed by atoms with van der Waals surface area (Å²) in [6, 6.07) is 7.48. The van der Waals surface area contributed by atoms with Crippen LogP contribution in [-0.4, -0.2) is 10.7 Å². The molecule has 2 nitrogen and oxygen atoms in total. The molecular formula is C9H9Br2NO. The average Bonchev–Trinajstić information content (AvgIpc) is 2.04. The van der Waals surface area contributed by atoms with Gasteiger partial charge in [-0.25, -0.2) is 0 Å². The summed E-state index contributed by atoms with van der Waals surface area (Å²) in [5.41, 5.74) is 0.797. The summed E-state index contributed by atoms with van der Waals surface area (Å²) in [5, 5.41) is 2.77. The molecule has 4 heteroatoms. The van der Waals surface area contributed by atoms with Gasteiger partial charge in [-0.15, -0.1) is 0 Å². The van der Waals surface area contributed by atoms with Crippen LogP contribution in [-0.2, 0) is 4.79 Å². The topological polar surface area (TPSA) is 29.1 Å². The molecule has 1 N–H and O–H groups in total. The maximum atomic E-state index is 11.3. The van der Waals surface area contributed by atoms with E-state index in [1.165, 1.54) is 0 Å². The molecule has 0 bridgehead atoms. The standard InChI is InChI=1S/C9H9Br2NO/c1-6(10)9(13)12-8-4-2-3-7(11)5-8/h2-6H,1H3,(H,12,13)/t6-/m0/s1. The van der Waals surface area contributed by atoms with Gasteiger partial charge in [-0.3, -0.25) is 4.79 Å². The van der Waals surface area contributed by atoms with Crippen LogP contribution in [0.1, 0.15) is 6.92 Å². The first-order valence-electron chi connectivity index (χ1n) is 3.80. The van der Waals surface area contributed by atoms with Gasteiger partial charge in [-0.05, 0) is 25.1 Å². The highest BCUT2D eigenvalue weighted by atomic mass is 79.9. The lowest BCUT2D eigenvalue weighted by Crippen LogP contribution is -2.19. The zero-order valence-corrected chi connectivity index (χ0v) is 10.2. The van der Waals surface area contributed by atoms with Crippen LogP contribution in [0.4, 0.5) is 5.69 Å². The molecule has 70 valence electrons. The fourth-order valence-corrected chi connectivity index (χ4v) is 1.32. The number of carbonyl (C=O) groups is 1. The van der Waals surface area contributed by atoms with Gasteiger partial charge in [0.1, 0.15) is 0 Å². The van der Waals surface area contributed by atoms with Crippen LogP contribution in [0.3, 0.4) is 0 Å². The Morgan fingerprint density at radius 1 is 1.54 bits per heavy atom. The van der Waals surface area contributed by atoms with Crippen LogP contribution in [0.25, 0.3) is 0 Å². The first kappa shape index (κ1) is 10.7. The lowest BCUT2D eigenvalue weighted by Gasteiger charge is -2.06. The fraction of sp³-hybridized carbons (Fsp3) is 0.222. The van der Waals surface area contributed by atoms with Crippen molar-refractivity contribution < 1.29 is 4.79 Å². The zero-order valence-electron chi connectivity index (χ0n) is 7.05. The Labute approximate surface area is 94.0 Å². The molecule has 1 aromatic carbocycles. The highest BCUT2D eigenvalue weighted by molar-refractivity contribution is 9.10. The second-order valence-electron chi connectivity index (χ2n) is 2.62. The molecule has 0 aliphatic carbocycles. The number of hydrogen-bond donors (Lipinski definition) is 1. The van der Waals surface area contributed by atoms with Gasteiger partial charge in [0.2, 0.25) is 5.91 Å². The molecule has 0 aromatic heterocycles. The SMILES string of the molecule is C[C@H](Br)C(=O)Nc1cccc(Br)c1. The van der Waals surface area contributed by atoms with Crippen molar-refractivity contribution in [1.82, 2.24) is 0 Å². The van der Waals surface area contributed by atoms with E-state index in [4.69, 9.17) is 0 Å². The molecule has 1 amide bonds. The molecule has 1 aromatic rings. The number of halogens is 2. The van der Waals surface area contributed by atoms with E-state index in [9.17, 15) is 4.79 Å². The molecule has 0 unspecified atom stereocenters. The smallest absolute Gasteiger partial charge is 0.237 e. The Hall–Kier alpha value is -0.350. The molecule has 0 saturated carbocycles. The van der Waals surface area contributed by atoms with Crippen LogP contribution in [0.15, 0.2) is 28.7 Å². The Morgan fingerprint density at radius 2 is 2.23 bits per heavy atom. The lowest BCUT2D eigenvalue weighted by molar-refractivity contribution is -0.115. The summed E-state index contributed by atoms with van der Waals surface area (Å²) >= 11 is 6.52. The fourth-order valence-electron chi connectivity index (χ4n) is 0.808. The number of nitrogens with one attached hydrogen (secondary N) is 1. The molecule has 13 heavy (non-hydrogen) atoms. The first-order chi connectivity index (χ1) is 6.09. The van der Waals surface area contributed by atoms with E-state index in [0.717, 1.165) is 10.2 Å². The molecule has 0 aliphatic heterocycles. The average molecular weight is 307 g/mol. The van der Waals surface area contributed by atoms with Crippen molar-refractivity contribution in [1.29, 1.82) is 0 Å². The largest absolute Gasteiger partial charge is 0.325 e. The predicted octanol–water partition coefficient (Wildman–Crippen LogP) is 3.17. The normalized spacial score (nSPS) is 12.2. The van der Waals surface area contributed by atoms with Gasteiger partial charge in [-0.1, -0.05) is 37.9 Å². The van der Waals surface area contributed by atoms with Gasteiger partial charge < -0.3 is 5.32 Å². The second kappa shape index (κ2) is 4.77. The van der Waals surface area contributed by atoms with Gasteiger partial charge in [-0.2, -0.15) is 0 Å². The van der Waals surface area contributed by atoms with Crippen molar-refractivity contribution in [3.63, 3.8) is 0 Å². The van der Waals surface area contributed by atoms with Crippen molar-refractivity contribution in [3.8, 4) is 0 Å². The quantitative estimate of drug-likeness (QED) is 0.836. The first-order valence-corrected chi connectivity index (χ1v) is 5.51. The Morgan fingerprint density at radius 3 is 2.77 bits per heavy atom. The third-order valence-corrected chi connectivity index (χ3v) is 2.36. The number of carbonyl (C=O) groups excluding carboxylic acids is 1. The van der Waals surface area contributed by atoms with Crippen molar-refractivity contribution >= 4 is 43.5 Å². The van der Waals surface area contributed by atoms with E-state index in [2.05, 4.69) is 37.2 Å². The Kier molecular flexibility index (Phi) is 3.93. The van der Waals surface area contributed by atoms with Gasteiger partial charge in [0.05, 0.1) is 4.83 Å². The molecule has 0 saturated heterocycles. The van der Waals surface area contributed by atoms with Crippen LogP contribution < -0.4 is 5.32 Å². The summed E-state index contributed by atoms with van der Waals surface area (Å²) in [6.45, 7) is 1.79. The third-order valence-electron chi connectivity index (χ3n) is 1.45. The van der Waals surface area contributed by atoms with Crippen molar-refractivity contribution in [2.45, 2.75) is 11.8 Å². The van der Waals surface area contributed by atoms with E-state index in [1.807, 2.05) is 24.3 Å². The molecule has 0 aliphatic rings. The molecule has 1 atom stereocenters. The van der Waals surface area contributed by atoms with Gasteiger partial charge in [0.15, 0.2) is 0 Å². The lowest BCUT2D eigenvalue weighted by atomic mass is 10.3. The molecular weight excluding hydrogens is 298 g/mol. The predicted molar refractivity (Wildman–Crippen MR) is 61.2 cm³/mol. The van der Waals surface area contributed by atoms with Crippen LogP contribution in [0, 0.1) is 0 Å². The monoisotopic (exact) mass is 305 g/mol. The molecule has 0 radical (unpaired) electrons. The van der Waals surface area contributed by atoms with Gasteiger partial charge >= 0.3 is 0 Å². The summed E-state index contributed by atoms with van der Waals surface area (Å²) in [7, 11) is 0. The molecule has 0 heterocycles. The maximum absolute atomic E-state index is 11.3. The minimum Gasteiger partial charge on any atom is -0.325 e. The van der Waals surface area contributed by atoms with Crippen molar-refractivity contribution in [3.05, 3.63) is 28.7 Å². The van der Waals surface area contributed by atoms with E-state index < -0.39 is 0 Å². The van der Waals surface area contributed by atoms with E-state index in [-0.39, 0.29) is 10.7 Å². The Bertz CT molecular complexity index is 312. The molecule has 0 fully saturated rings. The molecule has 0 spiro atoms. The minimum absolute atomic E-state index is 0.0434. The summed E-state index contributed by atoms with van der Waals surface area (Å²) < 4.78 is 0.951. The van der Waals surface area contributed by atoms with E-state index in [0.29, 0.717) is 0 Å². The highest BCUT2D eigenvalue weighted by Gasteiger charge is 2.07. The van der Waals surface area contributed by atoms with Gasteiger partial charge in [0, 0.05) is 10.2 Å². The summed E-state index contributed by atoms with van der Waals surface area (Å²) in [4.78, 5) is 11.1. The zero-order chi connectivity index (χ0) is 9.84. The van der Waals surface area contributed by atoms with E-state index in [1.54, 1.807) is 6.92 Å². The third kappa shape index (κ3) is 3.48. The number of rotatable bonds is 2. The second-order valence-corrected chi connectivity index (χ2v) is 4.90. The number of hydrogen-bond acceptors (Lipinski definition) is 1. The summed E-state index contributed by atoms with van der Waals surface area (Å²) in [6.07, 6.45) is 0. The van der Waals surface area contributed by atoms with Gasteiger partial charge in [0.25, 0.3) is 0 Å². The summed E-state index contributed by atoms with van der Waals surface area (Å²) in [5.74, 6) is -0.0434. The maximum Gasteiger partial charge on any atom is 0.237 e. The van der Waals surface area contributed by atoms with Crippen molar-refractivity contribution in [2.24, 2.45) is 0 Å². The van der Waals surface area contributed by atoms with Crippen LogP contribution in [0.2, 0.25) is 0 Å². The van der Waals surface area contributed by atoms with Crippen molar-refractivity contribution in [2.75, 3.05) is 5.32 Å².